The number of nitrogens with two attached hydrogens (primary N) is 2. The highest BCUT2D eigenvalue weighted by atomic mass is 16.6. The van der Waals surface area contributed by atoms with Crippen LogP contribution in [0.5, 0.6) is 0 Å². The molecule has 278 valence electrons. The van der Waals surface area contributed by atoms with Crippen molar-refractivity contribution in [1.29, 1.82) is 0 Å². The third-order valence-corrected chi connectivity index (χ3v) is 14.1. The zero-order valence-electron chi connectivity index (χ0n) is 33.0. The molecule has 8 atom stereocenters. The van der Waals surface area contributed by atoms with E-state index in [0.717, 1.165) is 80.7 Å². The van der Waals surface area contributed by atoms with Crippen molar-refractivity contribution < 1.29 is 9.53 Å². The fraction of sp³-hybridized carbons (Fsp3) is 0.929. The van der Waals surface area contributed by atoms with Gasteiger partial charge in [0.1, 0.15) is 6.10 Å². The van der Waals surface area contributed by atoms with Crippen molar-refractivity contribution in [1.82, 2.24) is 10.2 Å². The van der Waals surface area contributed by atoms with Gasteiger partial charge < -0.3 is 26.4 Å². The van der Waals surface area contributed by atoms with Gasteiger partial charge in [0, 0.05) is 26.1 Å². The summed E-state index contributed by atoms with van der Waals surface area (Å²) in [4.78, 5) is 15.7. The second kappa shape index (κ2) is 16.5. The lowest BCUT2D eigenvalue weighted by atomic mass is 9.47. The van der Waals surface area contributed by atoms with Crippen LogP contribution >= 0.6 is 0 Å². The first-order valence-corrected chi connectivity index (χ1v) is 20.3. The summed E-state index contributed by atoms with van der Waals surface area (Å²) in [6, 6.07) is 0. The highest BCUT2D eigenvalue weighted by Crippen LogP contribution is 2.67. The SMILES string of the molecule is CC(C)CCC[C@@H](C)[C@H]1CC[C@H]2[C@@H]3CC=C4C[C@@H](OC(=O)N(CCCCNCC(C)(C)CN)CC(C)(C)CN)CC[C@]4(C)[C@H]3CC[C@]12C. The molecule has 6 nitrogen and oxygen atoms in total. The molecule has 0 bridgehead atoms. The van der Waals surface area contributed by atoms with E-state index in [1.807, 2.05) is 4.90 Å². The molecule has 0 aliphatic heterocycles. The predicted octanol–water partition coefficient (Wildman–Crippen LogP) is 9.17. The summed E-state index contributed by atoms with van der Waals surface area (Å²) in [6.45, 7) is 25.7. The van der Waals surface area contributed by atoms with Crippen molar-refractivity contribution in [2.45, 2.75) is 152 Å². The van der Waals surface area contributed by atoms with Crippen LogP contribution in [-0.4, -0.2) is 56.4 Å². The third-order valence-electron chi connectivity index (χ3n) is 14.1. The minimum atomic E-state index is -0.149. The minimum absolute atomic E-state index is 0.0200. The Morgan fingerprint density at radius 2 is 1.69 bits per heavy atom. The van der Waals surface area contributed by atoms with E-state index in [2.05, 4.69) is 73.7 Å². The maximum Gasteiger partial charge on any atom is 0.410 e. The molecule has 5 N–H and O–H groups in total. The van der Waals surface area contributed by atoms with Crippen LogP contribution in [0.25, 0.3) is 0 Å². The van der Waals surface area contributed by atoms with Crippen molar-refractivity contribution >= 4 is 6.09 Å². The molecule has 0 aromatic carbocycles. The molecule has 0 spiro atoms. The fourth-order valence-electron chi connectivity index (χ4n) is 10.8. The smallest absolute Gasteiger partial charge is 0.410 e. The second-order valence-electron chi connectivity index (χ2n) is 19.6. The van der Waals surface area contributed by atoms with Crippen molar-refractivity contribution in [2.24, 2.45) is 68.6 Å². The first kappa shape index (κ1) is 39.7. The van der Waals surface area contributed by atoms with E-state index < -0.39 is 0 Å². The highest BCUT2D eigenvalue weighted by Gasteiger charge is 2.59. The number of hydrogen-bond donors (Lipinski definition) is 3. The van der Waals surface area contributed by atoms with Gasteiger partial charge in [0.05, 0.1) is 0 Å². The number of fused-ring (bicyclic) bond motifs is 5. The van der Waals surface area contributed by atoms with E-state index in [9.17, 15) is 4.79 Å². The number of unbranched alkanes of at least 4 members (excludes halogenated alkanes) is 1. The molecule has 3 saturated carbocycles. The van der Waals surface area contributed by atoms with Gasteiger partial charge in [-0.25, -0.2) is 4.79 Å². The Hall–Kier alpha value is -1.11. The Morgan fingerprint density at radius 1 is 0.958 bits per heavy atom. The van der Waals surface area contributed by atoms with Crippen molar-refractivity contribution in [3.05, 3.63) is 11.6 Å². The van der Waals surface area contributed by atoms with Gasteiger partial charge in [-0.2, -0.15) is 0 Å². The number of ether oxygens (including phenoxy) is 1. The van der Waals surface area contributed by atoms with E-state index in [1.54, 1.807) is 5.57 Å². The van der Waals surface area contributed by atoms with Crippen molar-refractivity contribution in [3.8, 4) is 0 Å². The van der Waals surface area contributed by atoms with Gasteiger partial charge >= 0.3 is 6.09 Å². The van der Waals surface area contributed by atoms with E-state index >= 15 is 0 Å². The van der Waals surface area contributed by atoms with Crippen LogP contribution in [-0.2, 0) is 4.74 Å². The Morgan fingerprint density at radius 3 is 2.38 bits per heavy atom. The summed E-state index contributed by atoms with van der Waals surface area (Å²) in [7, 11) is 0. The number of carbonyl (C=O) groups is 1. The summed E-state index contributed by atoms with van der Waals surface area (Å²) < 4.78 is 6.36. The largest absolute Gasteiger partial charge is 0.446 e. The number of amides is 1. The average molecular weight is 671 g/mol. The third kappa shape index (κ3) is 9.40. The molecular formula is C42H78N4O2. The molecule has 4 aliphatic rings. The molecule has 0 unspecified atom stereocenters. The molecule has 6 heteroatoms. The van der Waals surface area contributed by atoms with Crippen LogP contribution in [0.4, 0.5) is 4.79 Å². The van der Waals surface area contributed by atoms with Crippen LogP contribution in [0.3, 0.4) is 0 Å². The van der Waals surface area contributed by atoms with Crippen LogP contribution in [0.2, 0.25) is 0 Å². The number of rotatable bonds is 17. The monoisotopic (exact) mass is 671 g/mol. The van der Waals surface area contributed by atoms with Crippen LogP contribution in [0, 0.1) is 57.2 Å². The number of nitrogens with zero attached hydrogens (tertiary/aromatic N) is 1. The molecule has 1 amide bonds. The topological polar surface area (TPSA) is 93.6 Å². The maximum atomic E-state index is 13.7. The van der Waals surface area contributed by atoms with Gasteiger partial charge in [-0.15, -0.1) is 0 Å². The van der Waals surface area contributed by atoms with Gasteiger partial charge in [0.2, 0.25) is 0 Å². The molecule has 0 heterocycles. The van der Waals surface area contributed by atoms with Crippen molar-refractivity contribution in [2.75, 3.05) is 39.3 Å². The van der Waals surface area contributed by atoms with Gasteiger partial charge in [-0.1, -0.05) is 93.2 Å². The zero-order chi connectivity index (χ0) is 35.3. The maximum absolute atomic E-state index is 13.7. The van der Waals surface area contributed by atoms with Gasteiger partial charge in [0.15, 0.2) is 0 Å². The van der Waals surface area contributed by atoms with Gasteiger partial charge in [0.25, 0.3) is 0 Å². The quantitative estimate of drug-likeness (QED) is 0.106. The summed E-state index contributed by atoms with van der Waals surface area (Å²) in [5.41, 5.74) is 14.3. The van der Waals surface area contributed by atoms with E-state index in [-0.39, 0.29) is 28.4 Å². The number of hydrogen-bond acceptors (Lipinski definition) is 5. The number of allylic oxidation sites excluding steroid dienone is 1. The summed E-state index contributed by atoms with van der Waals surface area (Å²) in [6.07, 6.45) is 18.5. The molecule has 0 aromatic heterocycles. The molecular weight excluding hydrogens is 592 g/mol. The van der Waals surface area contributed by atoms with Crippen LogP contribution < -0.4 is 16.8 Å². The molecule has 3 fully saturated rings. The van der Waals surface area contributed by atoms with E-state index in [1.165, 1.54) is 51.4 Å². The fourth-order valence-corrected chi connectivity index (χ4v) is 10.8. The van der Waals surface area contributed by atoms with Gasteiger partial charge in [-0.05, 0) is 135 Å². The lowest BCUT2D eigenvalue weighted by Gasteiger charge is -2.58. The van der Waals surface area contributed by atoms with Crippen LogP contribution in [0.15, 0.2) is 11.6 Å². The molecule has 4 rings (SSSR count). The van der Waals surface area contributed by atoms with E-state index in [0.29, 0.717) is 31.6 Å². The second-order valence-corrected chi connectivity index (χ2v) is 19.6. The Balaban J connectivity index is 1.34. The van der Waals surface area contributed by atoms with E-state index in [4.69, 9.17) is 16.2 Å². The standard InChI is InChI=1S/C42H78N4O2/c1-30(2)13-12-14-31(3)35-17-18-36-34-16-15-32-25-33(19-21-41(32,8)37(34)20-22-42(35,36)9)48-38(47)46(29-40(6,7)27-44)24-11-10-23-45-28-39(4,5)26-43/h15,30-31,33-37,45H,10-14,16-29,43-44H2,1-9H3/t31-,33+,34+,35-,36+,37+,41+,42-/m1/s1. The molecule has 4 aliphatic carbocycles. The highest BCUT2D eigenvalue weighted by molar-refractivity contribution is 5.68. The zero-order valence-corrected chi connectivity index (χ0v) is 33.0. The molecule has 48 heavy (non-hydrogen) atoms. The number of nitrogens with one attached hydrogen (secondary N) is 1. The number of carbonyl (C=O) groups excluding carboxylic acids is 1. The first-order valence-electron chi connectivity index (χ1n) is 20.3. The molecule has 0 saturated heterocycles. The lowest BCUT2D eigenvalue weighted by molar-refractivity contribution is -0.0596. The first-order chi connectivity index (χ1) is 22.5. The Bertz CT molecular complexity index is 1070. The Kier molecular flexibility index (Phi) is 13.6. The molecule has 0 radical (unpaired) electrons. The summed E-state index contributed by atoms with van der Waals surface area (Å²) in [5.74, 6) is 5.06. The van der Waals surface area contributed by atoms with Crippen LogP contribution in [0.1, 0.15) is 146 Å². The predicted molar refractivity (Wildman–Crippen MR) is 203 cm³/mol. The minimum Gasteiger partial charge on any atom is -0.446 e. The Labute approximate surface area is 296 Å². The summed E-state index contributed by atoms with van der Waals surface area (Å²) >= 11 is 0. The van der Waals surface area contributed by atoms with Gasteiger partial charge in [-0.3, -0.25) is 0 Å². The summed E-state index contributed by atoms with van der Waals surface area (Å²) in [5, 5.41) is 3.55. The average Bonchev–Trinajstić information content (AvgIpc) is 3.39. The van der Waals surface area contributed by atoms with Crippen molar-refractivity contribution in [3.63, 3.8) is 0 Å². The lowest BCUT2D eigenvalue weighted by Crippen LogP contribution is -2.51. The molecule has 0 aromatic rings. The normalized spacial score (nSPS) is 32.7.